The minimum Gasteiger partial charge on any atom is -0.460 e. The Bertz CT molecular complexity index is 485. The van der Waals surface area contributed by atoms with Crippen LogP contribution in [0.15, 0.2) is 30.3 Å². The average molecular weight is 419 g/mol. The molecule has 0 aliphatic rings. The van der Waals surface area contributed by atoms with Gasteiger partial charge in [-0.1, -0.05) is 52.9 Å². The summed E-state index contributed by atoms with van der Waals surface area (Å²) >= 11 is 2.12. The highest BCUT2D eigenvalue weighted by Gasteiger charge is 2.21. The number of halogens is 1. The van der Waals surface area contributed by atoms with E-state index in [4.69, 9.17) is 9.47 Å². The molecule has 1 aromatic rings. The van der Waals surface area contributed by atoms with Gasteiger partial charge in [0.2, 0.25) is 0 Å². The van der Waals surface area contributed by atoms with Gasteiger partial charge in [0.05, 0.1) is 12.5 Å². The van der Waals surface area contributed by atoms with E-state index in [2.05, 4.69) is 27.9 Å². The van der Waals surface area contributed by atoms with Gasteiger partial charge in [0.1, 0.15) is 12.2 Å². The van der Waals surface area contributed by atoms with Crippen LogP contribution in [0.3, 0.4) is 0 Å². The monoisotopic (exact) mass is 419 g/mol. The summed E-state index contributed by atoms with van der Waals surface area (Å²) in [6.45, 7) is 5.63. The molecule has 1 rings (SSSR count). The van der Waals surface area contributed by atoms with Crippen LogP contribution in [0.4, 0.5) is 4.79 Å². The third kappa shape index (κ3) is 8.21. The van der Waals surface area contributed by atoms with Gasteiger partial charge in [-0.05, 0) is 26.3 Å². The first-order valence-electron chi connectivity index (χ1n) is 7.05. The molecular weight excluding hydrogens is 397 g/mol. The molecule has 0 saturated carbocycles. The maximum atomic E-state index is 11.8. The van der Waals surface area contributed by atoms with E-state index < -0.39 is 11.7 Å². The number of amides is 1. The molecule has 5 nitrogen and oxygen atoms in total. The molecule has 0 aliphatic carbocycles. The number of carbonyl (C=O) groups is 2. The fourth-order valence-corrected chi connectivity index (χ4v) is 2.19. The van der Waals surface area contributed by atoms with Crippen molar-refractivity contribution in [3.05, 3.63) is 35.9 Å². The Labute approximate surface area is 144 Å². The third-order valence-corrected chi connectivity index (χ3v) is 3.62. The van der Waals surface area contributed by atoms with Gasteiger partial charge in [0, 0.05) is 4.43 Å². The molecule has 0 aliphatic heterocycles. The van der Waals surface area contributed by atoms with Crippen molar-refractivity contribution in [2.45, 2.75) is 45.4 Å². The highest BCUT2D eigenvalue weighted by atomic mass is 127. The van der Waals surface area contributed by atoms with Crippen molar-refractivity contribution >= 4 is 34.7 Å². The number of nitrogens with one attached hydrogen (secondary N) is 1. The van der Waals surface area contributed by atoms with Crippen molar-refractivity contribution in [2.24, 2.45) is 0 Å². The summed E-state index contributed by atoms with van der Waals surface area (Å²) in [4.78, 5) is 23.5. The van der Waals surface area contributed by atoms with E-state index in [0.717, 1.165) is 5.56 Å². The summed E-state index contributed by atoms with van der Waals surface area (Å²) < 4.78 is 11.0. The third-order valence-electron chi connectivity index (χ3n) is 2.55. The Morgan fingerprint density at radius 2 is 1.86 bits per heavy atom. The summed E-state index contributed by atoms with van der Waals surface area (Å²) in [5.74, 6) is -0.336. The quantitative estimate of drug-likeness (QED) is 0.436. The van der Waals surface area contributed by atoms with Crippen molar-refractivity contribution < 1.29 is 19.1 Å². The van der Waals surface area contributed by atoms with Gasteiger partial charge in [-0.2, -0.15) is 0 Å². The molecule has 22 heavy (non-hydrogen) atoms. The first kappa shape index (κ1) is 18.7. The minimum absolute atomic E-state index is 0.126. The second-order valence-electron chi connectivity index (χ2n) is 5.85. The summed E-state index contributed by atoms with van der Waals surface area (Å²) in [7, 11) is 0. The number of alkyl halides is 1. The molecule has 0 fully saturated rings. The fraction of sp³-hybridized carbons (Fsp3) is 0.500. The molecule has 0 aromatic heterocycles. The van der Waals surface area contributed by atoms with E-state index in [1.54, 1.807) is 0 Å². The van der Waals surface area contributed by atoms with Gasteiger partial charge in [-0.15, -0.1) is 0 Å². The van der Waals surface area contributed by atoms with E-state index in [1.807, 2.05) is 51.1 Å². The standard InChI is InChI=1S/C16H22INO4/c1-16(2,3)22-14(19)9-13(10-17)18-15(20)21-11-12-7-5-4-6-8-12/h4-8,13H,9-11H2,1-3H3,(H,18,20)/t13-/m0/s1. The van der Waals surface area contributed by atoms with Crippen LogP contribution in [-0.2, 0) is 20.9 Å². The second kappa shape index (κ2) is 8.97. The number of hydrogen-bond acceptors (Lipinski definition) is 4. The van der Waals surface area contributed by atoms with Crippen LogP contribution >= 0.6 is 22.6 Å². The van der Waals surface area contributed by atoms with Crippen LogP contribution in [0, 0.1) is 0 Å². The highest BCUT2D eigenvalue weighted by Crippen LogP contribution is 2.10. The predicted molar refractivity (Wildman–Crippen MR) is 92.9 cm³/mol. The summed E-state index contributed by atoms with van der Waals surface area (Å²) in [5, 5.41) is 2.68. The minimum atomic E-state index is -0.533. The number of ether oxygens (including phenoxy) is 2. The number of carbonyl (C=O) groups excluding carboxylic acids is 2. The lowest BCUT2D eigenvalue weighted by atomic mass is 10.2. The molecule has 0 bridgehead atoms. The Hall–Kier alpha value is -1.31. The Balaban J connectivity index is 2.38. The molecule has 1 amide bonds. The number of esters is 1. The molecule has 0 unspecified atom stereocenters. The average Bonchev–Trinajstić information content (AvgIpc) is 2.43. The molecule has 1 N–H and O–H groups in total. The van der Waals surface area contributed by atoms with Gasteiger partial charge in [0.15, 0.2) is 0 Å². The number of hydrogen-bond donors (Lipinski definition) is 1. The molecular formula is C16H22INO4. The molecule has 0 heterocycles. The van der Waals surface area contributed by atoms with Crippen molar-refractivity contribution in [3.8, 4) is 0 Å². The van der Waals surface area contributed by atoms with Gasteiger partial charge in [-0.25, -0.2) is 4.79 Å². The molecule has 0 spiro atoms. The molecule has 0 saturated heterocycles. The topological polar surface area (TPSA) is 64.6 Å². The Morgan fingerprint density at radius 3 is 2.41 bits per heavy atom. The summed E-state index contributed by atoms with van der Waals surface area (Å²) in [5.41, 5.74) is 0.386. The van der Waals surface area contributed by atoms with Gasteiger partial charge < -0.3 is 14.8 Å². The summed E-state index contributed by atoms with van der Waals surface area (Å²) in [6.07, 6.45) is -0.408. The fourth-order valence-electron chi connectivity index (χ4n) is 1.66. The Morgan fingerprint density at radius 1 is 1.23 bits per heavy atom. The maximum Gasteiger partial charge on any atom is 0.407 e. The largest absolute Gasteiger partial charge is 0.460 e. The van der Waals surface area contributed by atoms with Gasteiger partial charge in [0.25, 0.3) is 0 Å². The zero-order valence-electron chi connectivity index (χ0n) is 13.1. The lowest BCUT2D eigenvalue weighted by Crippen LogP contribution is -2.39. The lowest BCUT2D eigenvalue weighted by molar-refractivity contribution is -0.155. The van der Waals surface area contributed by atoms with Crippen molar-refractivity contribution in [3.63, 3.8) is 0 Å². The van der Waals surface area contributed by atoms with Crippen LogP contribution < -0.4 is 5.32 Å². The predicted octanol–water partition coefficient (Wildman–Crippen LogP) is 3.45. The molecule has 1 aromatic carbocycles. The van der Waals surface area contributed by atoms with Gasteiger partial charge >= 0.3 is 12.1 Å². The number of rotatable bonds is 6. The highest BCUT2D eigenvalue weighted by molar-refractivity contribution is 14.1. The molecule has 0 radical (unpaired) electrons. The van der Waals surface area contributed by atoms with E-state index in [1.165, 1.54) is 0 Å². The SMILES string of the molecule is CC(C)(C)OC(=O)C[C@@H](CI)NC(=O)OCc1ccccc1. The first-order valence-corrected chi connectivity index (χ1v) is 8.58. The Kier molecular flexibility index (Phi) is 7.64. The molecule has 122 valence electrons. The van der Waals surface area contributed by atoms with Crippen molar-refractivity contribution in [1.29, 1.82) is 0 Å². The zero-order valence-corrected chi connectivity index (χ0v) is 15.3. The second-order valence-corrected chi connectivity index (χ2v) is 6.73. The number of benzene rings is 1. The first-order chi connectivity index (χ1) is 10.3. The number of alkyl carbamates (subject to hydrolysis) is 1. The van der Waals surface area contributed by atoms with Crippen LogP contribution in [0.2, 0.25) is 0 Å². The van der Waals surface area contributed by atoms with Crippen LogP contribution in [0.5, 0.6) is 0 Å². The van der Waals surface area contributed by atoms with Crippen LogP contribution in [-0.4, -0.2) is 28.1 Å². The van der Waals surface area contributed by atoms with Crippen LogP contribution in [0.1, 0.15) is 32.8 Å². The van der Waals surface area contributed by atoms with Crippen molar-refractivity contribution in [1.82, 2.24) is 5.32 Å². The lowest BCUT2D eigenvalue weighted by Gasteiger charge is -2.22. The van der Waals surface area contributed by atoms with Crippen LogP contribution in [0.25, 0.3) is 0 Å². The van der Waals surface area contributed by atoms with E-state index in [9.17, 15) is 9.59 Å². The van der Waals surface area contributed by atoms with Gasteiger partial charge in [-0.3, -0.25) is 4.79 Å². The normalized spacial score (nSPS) is 12.4. The van der Waals surface area contributed by atoms with E-state index in [-0.39, 0.29) is 25.0 Å². The molecule has 1 atom stereocenters. The summed E-state index contributed by atoms with van der Waals surface area (Å²) in [6, 6.07) is 9.11. The maximum absolute atomic E-state index is 11.8. The van der Waals surface area contributed by atoms with E-state index >= 15 is 0 Å². The smallest absolute Gasteiger partial charge is 0.407 e. The van der Waals surface area contributed by atoms with Crippen molar-refractivity contribution in [2.75, 3.05) is 4.43 Å². The van der Waals surface area contributed by atoms with E-state index in [0.29, 0.717) is 4.43 Å². The molecule has 6 heteroatoms. The zero-order chi connectivity index (χ0) is 16.6.